The van der Waals surface area contributed by atoms with Crippen LogP contribution < -0.4 is 10.6 Å². The number of carbonyl (C=O) groups excluding carboxylic acids is 2. The number of rotatable bonds is 57. The molecule has 8 atom stereocenters. The Morgan fingerprint density at radius 2 is 0.908 bits per heavy atom. The average molecular weight is 1090 g/mol. The van der Waals surface area contributed by atoms with Crippen LogP contribution in [0.2, 0.25) is 0 Å². The van der Waals surface area contributed by atoms with E-state index >= 15 is 0 Å². The predicted molar refractivity (Wildman–Crippen MR) is 312 cm³/mol. The van der Waals surface area contributed by atoms with E-state index in [1.807, 2.05) is 0 Å². The van der Waals surface area contributed by atoms with Crippen LogP contribution in [0.3, 0.4) is 0 Å². The highest BCUT2D eigenvalue weighted by Crippen LogP contribution is 2.31. The Kier molecular flexibility index (Phi) is 51.5. The molecule has 1 rings (SSSR count). The summed E-state index contributed by atoms with van der Waals surface area (Å²) >= 11 is 0. The van der Waals surface area contributed by atoms with Crippen molar-refractivity contribution in [2.75, 3.05) is 66.0 Å². The Hall–Kier alpha value is -1.58. The highest BCUT2D eigenvalue weighted by Gasteiger charge is 2.49. The van der Waals surface area contributed by atoms with Crippen molar-refractivity contribution in [3.05, 3.63) is 0 Å². The second-order valence-corrected chi connectivity index (χ2v) is 21.8. The second-order valence-electron chi connectivity index (χ2n) is 21.8. The minimum atomic E-state index is -0.795. The van der Waals surface area contributed by atoms with Crippen LogP contribution in [0.5, 0.6) is 0 Å². The Bertz CT molecular complexity index is 1250. The SMILES string of the molecule is CCCCCCCCCCCCCC[C@@H](OCCCC)[C@@H](OCCCC)[C@H](CO[C@H]1OC(COCCCC)[C@H](OCCCC)[C@H](OCCCC)C1OCCCC)NC(=O)CCCCCCCCCNC(=O)OCCCC. The molecule has 2 N–H and O–H groups in total. The molecule has 13 nitrogen and oxygen atoms in total. The third kappa shape index (κ3) is 38.1. The number of ether oxygens (including phenoxy) is 9. The summed E-state index contributed by atoms with van der Waals surface area (Å²) in [6, 6.07) is -0.497. The van der Waals surface area contributed by atoms with Crippen LogP contribution in [0, 0.1) is 0 Å². The number of nitrogens with one attached hydrogen (secondary N) is 2. The lowest BCUT2D eigenvalue weighted by Gasteiger charge is -2.46. The van der Waals surface area contributed by atoms with E-state index in [1.54, 1.807) is 0 Å². The number of carbonyl (C=O) groups is 2. The van der Waals surface area contributed by atoms with Crippen molar-refractivity contribution >= 4 is 12.0 Å². The van der Waals surface area contributed by atoms with Crippen LogP contribution >= 0.6 is 0 Å². The van der Waals surface area contributed by atoms with Gasteiger partial charge in [-0.2, -0.15) is 0 Å². The fourth-order valence-corrected chi connectivity index (χ4v) is 9.55. The largest absolute Gasteiger partial charge is 0.450 e. The molecular formula is C63H124N2O11. The second kappa shape index (κ2) is 54.0. The average Bonchev–Trinajstić information content (AvgIpc) is 3.41. The molecule has 0 spiro atoms. The maximum atomic E-state index is 14.3. The van der Waals surface area contributed by atoms with E-state index in [4.69, 9.17) is 42.6 Å². The van der Waals surface area contributed by atoms with Crippen LogP contribution in [0.1, 0.15) is 280 Å². The summed E-state index contributed by atoms with van der Waals surface area (Å²) in [5.74, 6) is -0.0000619. The molecule has 0 bridgehead atoms. The van der Waals surface area contributed by atoms with E-state index in [0.29, 0.717) is 65.8 Å². The topological polar surface area (TPSA) is 141 Å². The first-order valence-corrected chi connectivity index (χ1v) is 32.5. The van der Waals surface area contributed by atoms with Gasteiger partial charge in [-0.05, 0) is 64.2 Å². The zero-order valence-electron chi connectivity index (χ0n) is 50.9. The van der Waals surface area contributed by atoms with Crippen molar-refractivity contribution in [3.8, 4) is 0 Å². The lowest BCUT2D eigenvalue weighted by molar-refractivity contribution is -0.325. The molecule has 0 aromatic carbocycles. The number of hydrogen-bond donors (Lipinski definition) is 2. The van der Waals surface area contributed by atoms with Crippen LogP contribution in [0.4, 0.5) is 4.79 Å². The van der Waals surface area contributed by atoms with Crippen molar-refractivity contribution in [1.29, 1.82) is 0 Å². The standard InChI is InChI=1S/C63H124N2O11/c1-9-17-25-26-27-28-29-30-31-33-36-39-42-55(69-46-19-11-3)58(70-47-20-12-4)54(65-57(66)43-40-37-34-32-35-38-41-44-64-63(67)74-51-24-16-8)52-75-62-61(73-50-23-15-7)60(72-49-22-14-6)59(71-48-21-13-5)56(76-62)53-68-45-18-10-2/h54-56,58-62H,9-53H2,1-8H3,(H,64,67)(H,65,66)/t54-,55+,56?,58-,59-,60-,61?,62-/m0/s1. The molecule has 76 heavy (non-hydrogen) atoms. The van der Waals surface area contributed by atoms with Crippen LogP contribution in [-0.4, -0.2) is 127 Å². The molecule has 1 heterocycles. The van der Waals surface area contributed by atoms with Crippen molar-refractivity contribution in [2.45, 2.75) is 329 Å². The predicted octanol–water partition coefficient (Wildman–Crippen LogP) is 15.7. The molecule has 1 fully saturated rings. The molecule has 1 aliphatic heterocycles. The van der Waals surface area contributed by atoms with Gasteiger partial charge in [0.25, 0.3) is 0 Å². The van der Waals surface area contributed by atoms with Gasteiger partial charge in [0.05, 0.1) is 32.0 Å². The van der Waals surface area contributed by atoms with Crippen molar-refractivity contribution in [2.24, 2.45) is 0 Å². The molecule has 13 heteroatoms. The van der Waals surface area contributed by atoms with Gasteiger partial charge >= 0.3 is 6.09 Å². The van der Waals surface area contributed by atoms with E-state index in [-0.39, 0.29) is 24.7 Å². The number of unbranched alkanes of at least 4 members (excludes halogenated alkanes) is 24. The highest BCUT2D eigenvalue weighted by atomic mass is 16.7. The van der Waals surface area contributed by atoms with Gasteiger partial charge in [0, 0.05) is 52.6 Å². The lowest BCUT2D eigenvalue weighted by atomic mass is 9.97. The molecule has 1 aliphatic rings. The molecule has 0 radical (unpaired) electrons. The van der Waals surface area contributed by atoms with Gasteiger partial charge < -0.3 is 53.3 Å². The summed E-state index contributed by atoms with van der Waals surface area (Å²) in [7, 11) is 0. The zero-order chi connectivity index (χ0) is 55.4. The molecule has 1 saturated heterocycles. The Balaban J connectivity index is 3.43. The first-order chi connectivity index (χ1) is 37.3. The van der Waals surface area contributed by atoms with E-state index in [1.165, 1.54) is 64.2 Å². The van der Waals surface area contributed by atoms with Crippen LogP contribution in [0.15, 0.2) is 0 Å². The zero-order valence-corrected chi connectivity index (χ0v) is 50.9. The van der Waals surface area contributed by atoms with Crippen LogP contribution in [0.25, 0.3) is 0 Å². The van der Waals surface area contributed by atoms with E-state index < -0.39 is 42.9 Å². The van der Waals surface area contributed by atoms with Gasteiger partial charge in [0.2, 0.25) is 5.91 Å². The van der Waals surface area contributed by atoms with Gasteiger partial charge in [0.15, 0.2) is 6.29 Å². The van der Waals surface area contributed by atoms with Gasteiger partial charge in [-0.25, -0.2) is 4.79 Å². The third-order valence-electron chi connectivity index (χ3n) is 14.6. The molecular weight excluding hydrogens is 961 g/mol. The summed E-state index contributed by atoms with van der Waals surface area (Å²) in [6.07, 6.45) is 33.8. The summed E-state index contributed by atoms with van der Waals surface area (Å²) in [4.78, 5) is 26.1. The fourth-order valence-electron chi connectivity index (χ4n) is 9.55. The van der Waals surface area contributed by atoms with Gasteiger partial charge in [-0.1, -0.05) is 209 Å². The minimum Gasteiger partial charge on any atom is -0.450 e. The number of alkyl carbamates (subject to hydrolysis) is 1. The molecule has 0 saturated carbocycles. The Morgan fingerprint density at radius 3 is 1.49 bits per heavy atom. The summed E-state index contributed by atoms with van der Waals surface area (Å²) in [6.45, 7) is 22.6. The number of hydrogen-bond acceptors (Lipinski definition) is 11. The monoisotopic (exact) mass is 1080 g/mol. The van der Waals surface area contributed by atoms with E-state index in [0.717, 1.165) is 154 Å². The van der Waals surface area contributed by atoms with Crippen LogP contribution in [-0.2, 0) is 47.4 Å². The van der Waals surface area contributed by atoms with Crippen molar-refractivity contribution in [1.82, 2.24) is 10.6 Å². The quantitative estimate of drug-likeness (QED) is 0.0562. The third-order valence-corrected chi connectivity index (χ3v) is 14.6. The van der Waals surface area contributed by atoms with E-state index in [9.17, 15) is 9.59 Å². The molecule has 0 aliphatic carbocycles. The first-order valence-electron chi connectivity index (χ1n) is 32.5. The highest BCUT2D eigenvalue weighted by molar-refractivity contribution is 5.76. The van der Waals surface area contributed by atoms with Gasteiger partial charge in [-0.15, -0.1) is 0 Å². The maximum Gasteiger partial charge on any atom is 0.407 e. The summed E-state index contributed by atoms with van der Waals surface area (Å²) in [5.41, 5.74) is 0. The minimum absolute atomic E-state index is 0.0000619. The van der Waals surface area contributed by atoms with E-state index in [2.05, 4.69) is 66.0 Å². The fraction of sp³-hybridized carbons (Fsp3) is 0.968. The summed E-state index contributed by atoms with van der Waals surface area (Å²) in [5, 5.41) is 6.35. The first kappa shape index (κ1) is 72.4. The van der Waals surface area contributed by atoms with Crippen molar-refractivity contribution < 1.29 is 52.2 Å². The van der Waals surface area contributed by atoms with Gasteiger partial charge in [0.1, 0.15) is 30.5 Å². The molecule has 2 amide bonds. The molecule has 0 aromatic heterocycles. The Morgan fingerprint density at radius 1 is 0.447 bits per heavy atom. The lowest BCUT2D eigenvalue weighted by Crippen LogP contribution is -2.63. The maximum absolute atomic E-state index is 14.3. The molecule has 2 unspecified atom stereocenters. The van der Waals surface area contributed by atoms with Gasteiger partial charge in [-0.3, -0.25) is 4.79 Å². The summed E-state index contributed by atoms with van der Waals surface area (Å²) < 4.78 is 59.6. The molecule has 452 valence electrons. The molecule has 0 aromatic rings. The smallest absolute Gasteiger partial charge is 0.407 e. The Labute approximate surface area is 468 Å². The van der Waals surface area contributed by atoms with Crippen molar-refractivity contribution in [3.63, 3.8) is 0 Å². The number of amides is 2. The normalized spacial score (nSPS) is 18.9.